The zero-order valence-corrected chi connectivity index (χ0v) is 9.72. The molecule has 5 heteroatoms. The number of rotatable bonds is 5. The number of carbonyl (C=O) groups is 1. The van der Waals surface area contributed by atoms with Gasteiger partial charge in [-0.1, -0.05) is 22.6 Å². The van der Waals surface area contributed by atoms with Crippen LogP contribution in [0.1, 0.15) is 6.42 Å². The number of nitriles is 1. The highest BCUT2D eigenvalue weighted by Crippen LogP contribution is 2.10. The van der Waals surface area contributed by atoms with Crippen LogP contribution in [0.3, 0.4) is 0 Å². The first-order chi connectivity index (χ1) is 5.70. The van der Waals surface area contributed by atoms with Gasteiger partial charge in [0.05, 0.1) is 19.6 Å². The highest BCUT2D eigenvalue weighted by molar-refractivity contribution is 14.1. The molecule has 0 aromatic rings. The fourth-order valence-electron chi connectivity index (χ4n) is 0.482. The summed E-state index contributed by atoms with van der Waals surface area (Å²) in [5.74, 6) is 1.31. The molecule has 0 saturated carbocycles. The van der Waals surface area contributed by atoms with Crippen LogP contribution in [0.4, 0.5) is 0 Å². The van der Waals surface area contributed by atoms with E-state index in [1.54, 1.807) is 11.8 Å². The zero-order chi connectivity index (χ0) is 9.40. The Labute approximate surface area is 90.0 Å². The second-order valence-electron chi connectivity index (χ2n) is 2.00. The lowest BCUT2D eigenvalue weighted by molar-refractivity contribution is -0.140. The van der Waals surface area contributed by atoms with Gasteiger partial charge < -0.3 is 4.74 Å². The SMILES string of the molecule is COC(=O)CCSCC(I)C#N. The number of hydrogen-bond acceptors (Lipinski definition) is 4. The van der Waals surface area contributed by atoms with E-state index in [2.05, 4.69) is 33.4 Å². The van der Waals surface area contributed by atoms with E-state index in [1.165, 1.54) is 7.11 Å². The quantitative estimate of drug-likeness (QED) is 0.335. The molecule has 0 heterocycles. The molecular formula is C7H10INO2S. The van der Waals surface area contributed by atoms with Gasteiger partial charge >= 0.3 is 5.97 Å². The Balaban J connectivity index is 3.23. The van der Waals surface area contributed by atoms with Gasteiger partial charge in [-0.15, -0.1) is 0 Å². The number of ether oxygens (including phenoxy) is 1. The number of hydrogen-bond donors (Lipinski definition) is 0. The lowest BCUT2D eigenvalue weighted by Gasteiger charge is -2.00. The Morgan fingerprint density at radius 3 is 3.00 bits per heavy atom. The van der Waals surface area contributed by atoms with Gasteiger partial charge in [-0.2, -0.15) is 17.0 Å². The minimum atomic E-state index is -0.190. The van der Waals surface area contributed by atoms with Gasteiger partial charge in [0.1, 0.15) is 3.92 Å². The summed E-state index contributed by atoms with van der Waals surface area (Å²) in [7, 11) is 1.38. The van der Waals surface area contributed by atoms with E-state index in [-0.39, 0.29) is 9.89 Å². The van der Waals surface area contributed by atoms with Gasteiger partial charge in [0.25, 0.3) is 0 Å². The molecule has 0 spiro atoms. The number of nitrogens with zero attached hydrogens (tertiary/aromatic N) is 1. The van der Waals surface area contributed by atoms with Crippen molar-refractivity contribution in [1.82, 2.24) is 0 Å². The minimum Gasteiger partial charge on any atom is -0.469 e. The number of alkyl halides is 1. The number of methoxy groups -OCH3 is 1. The van der Waals surface area contributed by atoms with Crippen LogP contribution < -0.4 is 0 Å². The standard InChI is InChI=1S/C7H10INO2S/c1-11-7(10)2-3-12-5-6(8)4-9/h6H,2-3,5H2,1H3. The van der Waals surface area contributed by atoms with Gasteiger partial charge in [0.2, 0.25) is 0 Å². The van der Waals surface area contributed by atoms with Crippen molar-refractivity contribution in [3.63, 3.8) is 0 Å². The number of thioether (sulfide) groups is 1. The van der Waals surface area contributed by atoms with Crippen LogP contribution in [-0.4, -0.2) is 28.5 Å². The molecule has 1 unspecified atom stereocenters. The van der Waals surface area contributed by atoms with Crippen molar-refractivity contribution >= 4 is 40.3 Å². The molecule has 3 nitrogen and oxygen atoms in total. The Morgan fingerprint density at radius 2 is 2.50 bits per heavy atom. The van der Waals surface area contributed by atoms with Crippen molar-refractivity contribution in [1.29, 1.82) is 5.26 Å². The smallest absolute Gasteiger partial charge is 0.306 e. The van der Waals surface area contributed by atoms with Crippen LogP contribution in [0.5, 0.6) is 0 Å². The molecule has 0 saturated heterocycles. The molecule has 12 heavy (non-hydrogen) atoms. The first-order valence-corrected chi connectivity index (χ1v) is 5.79. The van der Waals surface area contributed by atoms with Crippen molar-refractivity contribution < 1.29 is 9.53 Å². The van der Waals surface area contributed by atoms with Crippen molar-refractivity contribution in [2.45, 2.75) is 10.3 Å². The fraction of sp³-hybridized carbons (Fsp3) is 0.714. The van der Waals surface area contributed by atoms with Gasteiger partial charge in [0.15, 0.2) is 0 Å². The largest absolute Gasteiger partial charge is 0.469 e. The Bertz CT molecular complexity index is 181. The minimum absolute atomic E-state index is 0.0326. The number of halogens is 1. The van der Waals surface area contributed by atoms with Crippen LogP contribution in [0.2, 0.25) is 0 Å². The Morgan fingerprint density at radius 1 is 1.83 bits per heavy atom. The van der Waals surface area contributed by atoms with E-state index in [9.17, 15) is 4.79 Å². The average molecular weight is 299 g/mol. The highest BCUT2D eigenvalue weighted by Gasteiger charge is 2.03. The van der Waals surface area contributed by atoms with Gasteiger partial charge in [-0.05, 0) is 0 Å². The van der Waals surface area contributed by atoms with E-state index in [0.29, 0.717) is 6.42 Å². The average Bonchev–Trinajstić information content (AvgIpc) is 2.11. The fourth-order valence-corrected chi connectivity index (χ4v) is 2.00. The summed E-state index contributed by atoms with van der Waals surface area (Å²) >= 11 is 3.67. The Kier molecular flexibility index (Phi) is 7.70. The van der Waals surface area contributed by atoms with E-state index in [0.717, 1.165) is 11.5 Å². The van der Waals surface area contributed by atoms with Gasteiger partial charge in [-0.3, -0.25) is 4.79 Å². The molecule has 0 radical (unpaired) electrons. The van der Waals surface area contributed by atoms with Gasteiger partial charge in [-0.25, -0.2) is 0 Å². The summed E-state index contributed by atoms with van der Waals surface area (Å²) in [5.41, 5.74) is 0. The summed E-state index contributed by atoms with van der Waals surface area (Å²) in [5, 5.41) is 8.43. The normalized spacial score (nSPS) is 11.8. The third-order valence-corrected chi connectivity index (χ3v) is 3.46. The highest BCUT2D eigenvalue weighted by atomic mass is 127. The molecule has 0 rings (SSSR count). The van der Waals surface area contributed by atoms with Crippen molar-refractivity contribution in [3.05, 3.63) is 0 Å². The second kappa shape index (κ2) is 7.68. The second-order valence-corrected chi connectivity index (χ2v) is 4.65. The Hall–Kier alpha value is 0.0400. The van der Waals surface area contributed by atoms with Crippen LogP contribution in [0.15, 0.2) is 0 Å². The maximum Gasteiger partial charge on any atom is 0.306 e. The molecular weight excluding hydrogens is 289 g/mol. The van der Waals surface area contributed by atoms with Crippen molar-refractivity contribution in [2.75, 3.05) is 18.6 Å². The molecule has 0 aliphatic carbocycles. The summed E-state index contributed by atoms with van der Waals surface area (Å²) in [6.45, 7) is 0. The van der Waals surface area contributed by atoms with E-state index < -0.39 is 0 Å². The molecule has 0 fully saturated rings. The van der Waals surface area contributed by atoms with Crippen LogP contribution in [-0.2, 0) is 9.53 Å². The van der Waals surface area contributed by atoms with E-state index >= 15 is 0 Å². The lowest BCUT2D eigenvalue weighted by Crippen LogP contribution is -2.03. The first kappa shape index (κ1) is 12.0. The van der Waals surface area contributed by atoms with Crippen LogP contribution in [0, 0.1) is 11.3 Å². The molecule has 68 valence electrons. The van der Waals surface area contributed by atoms with Crippen molar-refractivity contribution in [2.24, 2.45) is 0 Å². The van der Waals surface area contributed by atoms with Gasteiger partial charge in [0, 0.05) is 11.5 Å². The number of esters is 1. The van der Waals surface area contributed by atoms with Crippen LogP contribution >= 0.6 is 34.4 Å². The molecule has 0 aliphatic rings. The monoisotopic (exact) mass is 299 g/mol. The molecule has 0 amide bonds. The van der Waals surface area contributed by atoms with E-state index in [1.807, 2.05) is 0 Å². The molecule has 0 aromatic heterocycles. The zero-order valence-electron chi connectivity index (χ0n) is 6.75. The predicted molar refractivity (Wildman–Crippen MR) is 57.4 cm³/mol. The van der Waals surface area contributed by atoms with E-state index in [4.69, 9.17) is 5.26 Å². The molecule has 0 N–H and O–H groups in total. The molecule has 0 bridgehead atoms. The first-order valence-electron chi connectivity index (χ1n) is 3.39. The maximum absolute atomic E-state index is 10.6. The predicted octanol–water partition coefficient (Wildman–Crippen LogP) is 1.61. The summed E-state index contributed by atoms with van der Waals surface area (Å²) in [6.07, 6.45) is 0.427. The van der Waals surface area contributed by atoms with Crippen LogP contribution in [0.25, 0.3) is 0 Å². The third-order valence-electron chi connectivity index (χ3n) is 1.08. The molecule has 1 atom stereocenters. The lowest BCUT2D eigenvalue weighted by atomic mass is 10.5. The maximum atomic E-state index is 10.6. The number of carbonyl (C=O) groups excluding carboxylic acids is 1. The van der Waals surface area contributed by atoms with Crippen molar-refractivity contribution in [3.8, 4) is 6.07 Å². The summed E-state index contributed by atoms with van der Waals surface area (Å²) < 4.78 is 4.50. The molecule has 0 aliphatic heterocycles. The third kappa shape index (κ3) is 6.73. The molecule has 0 aromatic carbocycles. The summed E-state index contributed by atoms with van der Waals surface area (Å²) in [6, 6.07) is 2.12. The topological polar surface area (TPSA) is 50.1 Å². The summed E-state index contributed by atoms with van der Waals surface area (Å²) in [4.78, 5) is 10.6.